The zero-order valence-corrected chi connectivity index (χ0v) is 12.1. The number of phenolic OH excluding ortho intramolecular Hbond substituents is 2. The van der Waals surface area contributed by atoms with Crippen molar-refractivity contribution in [3.63, 3.8) is 0 Å². The molecule has 3 aromatic rings. The molecule has 0 saturated carbocycles. The van der Waals surface area contributed by atoms with Gasteiger partial charge in [-0.2, -0.15) is 5.10 Å². The Labute approximate surface area is 132 Å². The van der Waals surface area contributed by atoms with Gasteiger partial charge in [0.1, 0.15) is 11.5 Å². The Bertz CT molecular complexity index is 904. The van der Waals surface area contributed by atoms with Crippen molar-refractivity contribution >= 4 is 22.9 Å². The quantitative estimate of drug-likeness (QED) is 0.514. The first-order valence-electron chi connectivity index (χ1n) is 6.98. The lowest BCUT2D eigenvalue weighted by Crippen LogP contribution is -2.17. The van der Waals surface area contributed by atoms with Crippen LogP contribution in [0.3, 0.4) is 0 Å². The molecule has 0 unspecified atom stereocenters. The summed E-state index contributed by atoms with van der Waals surface area (Å²) in [6, 6.07) is 17.5. The largest absolute Gasteiger partial charge is 0.508 e. The molecule has 0 atom stereocenters. The first-order valence-corrected chi connectivity index (χ1v) is 6.98. The Balaban J connectivity index is 1.73. The topological polar surface area (TPSA) is 81.9 Å². The van der Waals surface area contributed by atoms with Crippen LogP contribution in [-0.4, -0.2) is 22.3 Å². The molecular weight excluding hydrogens is 292 g/mol. The molecule has 5 heteroatoms. The summed E-state index contributed by atoms with van der Waals surface area (Å²) in [5.41, 5.74) is 3.23. The molecule has 3 N–H and O–H groups in total. The van der Waals surface area contributed by atoms with Crippen molar-refractivity contribution in [2.75, 3.05) is 0 Å². The molecule has 5 nitrogen and oxygen atoms in total. The molecule has 23 heavy (non-hydrogen) atoms. The van der Waals surface area contributed by atoms with Gasteiger partial charge in [0.25, 0.3) is 5.91 Å². The number of nitrogens with zero attached hydrogens (tertiary/aromatic N) is 1. The van der Waals surface area contributed by atoms with E-state index >= 15 is 0 Å². The van der Waals surface area contributed by atoms with Gasteiger partial charge in [0.15, 0.2) is 0 Å². The van der Waals surface area contributed by atoms with Gasteiger partial charge in [0.2, 0.25) is 0 Å². The third-order valence-electron chi connectivity index (χ3n) is 3.38. The van der Waals surface area contributed by atoms with Crippen LogP contribution in [0.2, 0.25) is 0 Å². The predicted molar refractivity (Wildman–Crippen MR) is 88.8 cm³/mol. The monoisotopic (exact) mass is 306 g/mol. The fraction of sp³-hybridized carbons (Fsp3) is 0. The number of phenols is 2. The molecule has 0 aliphatic heterocycles. The zero-order chi connectivity index (χ0) is 16.2. The smallest absolute Gasteiger partial charge is 0.275 e. The molecule has 0 heterocycles. The average molecular weight is 306 g/mol. The van der Waals surface area contributed by atoms with Gasteiger partial charge in [-0.1, -0.05) is 36.4 Å². The minimum atomic E-state index is -0.556. The highest BCUT2D eigenvalue weighted by Crippen LogP contribution is 2.22. The van der Waals surface area contributed by atoms with E-state index in [0.29, 0.717) is 0 Å². The van der Waals surface area contributed by atoms with Crippen molar-refractivity contribution in [1.82, 2.24) is 5.43 Å². The normalized spacial score (nSPS) is 11.0. The van der Waals surface area contributed by atoms with E-state index in [0.717, 1.165) is 22.4 Å². The van der Waals surface area contributed by atoms with Gasteiger partial charge in [-0.3, -0.25) is 4.79 Å². The molecule has 0 aromatic heterocycles. The van der Waals surface area contributed by atoms with Crippen molar-refractivity contribution in [2.45, 2.75) is 0 Å². The number of carbonyl (C=O) groups excluding carboxylic acids is 1. The lowest BCUT2D eigenvalue weighted by molar-refractivity contribution is 0.0952. The molecular formula is C18H14N2O3. The molecule has 0 spiro atoms. The van der Waals surface area contributed by atoms with E-state index in [1.165, 1.54) is 18.3 Å². The SMILES string of the molecule is O=C(N/N=C\c1ccc2ccccc2c1)c1ccc(O)cc1O. The van der Waals surface area contributed by atoms with Crippen LogP contribution in [0.5, 0.6) is 11.5 Å². The van der Waals surface area contributed by atoms with Gasteiger partial charge in [-0.15, -0.1) is 0 Å². The number of hydrazone groups is 1. The van der Waals surface area contributed by atoms with Gasteiger partial charge in [0.05, 0.1) is 11.8 Å². The molecule has 0 aliphatic carbocycles. The molecule has 0 radical (unpaired) electrons. The van der Waals surface area contributed by atoms with Crippen LogP contribution in [0.4, 0.5) is 0 Å². The zero-order valence-electron chi connectivity index (χ0n) is 12.1. The maximum atomic E-state index is 11.9. The second-order valence-electron chi connectivity index (χ2n) is 5.01. The van der Waals surface area contributed by atoms with Crippen LogP contribution in [0.15, 0.2) is 65.8 Å². The Morgan fingerprint density at radius 2 is 1.74 bits per heavy atom. The Hall–Kier alpha value is -3.34. The van der Waals surface area contributed by atoms with Crippen molar-refractivity contribution in [3.8, 4) is 11.5 Å². The summed E-state index contributed by atoms with van der Waals surface area (Å²) in [6.07, 6.45) is 1.53. The minimum Gasteiger partial charge on any atom is -0.508 e. The van der Waals surface area contributed by atoms with E-state index in [1.807, 2.05) is 42.5 Å². The predicted octanol–water partition coefficient (Wildman–Crippen LogP) is 3.01. The summed E-state index contributed by atoms with van der Waals surface area (Å²) < 4.78 is 0. The second-order valence-corrected chi connectivity index (χ2v) is 5.01. The molecule has 0 bridgehead atoms. The Morgan fingerprint density at radius 3 is 2.52 bits per heavy atom. The lowest BCUT2D eigenvalue weighted by Gasteiger charge is -2.03. The Kier molecular flexibility index (Phi) is 3.93. The third kappa shape index (κ3) is 3.29. The van der Waals surface area contributed by atoms with Crippen LogP contribution in [-0.2, 0) is 0 Å². The molecule has 0 fully saturated rings. The first kappa shape index (κ1) is 14.6. The number of benzene rings is 3. The summed E-state index contributed by atoms with van der Waals surface area (Å²) >= 11 is 0. The maximum absolute atomic E-state index is 11.9. The molecule has 0 aliphatic rings. The van der Waals surface area contributed by atoms with E-state index in [-0.39, 0.29) is 17.1 Å². The number of aromatic hydroxyl groups is 2. The maximum Gasteiger partial charge on any atom is 0.275 e. The van der Waals surface area contributed by atoms with Crippen LogP contribution >= 0.6 is 0 Å². The minimum absolute atomic E-state index is 0.0402. The van der Waals surface area contributed by atoms with E-state index in [9.17, 15) is 15.0 Å². The fourth-order valence-corrected chi connectivity index (χ4v) is 2.23. The molecule has 114 valence electrons. The molecule has 1 amide bonds. The third-order valence-corrected chi connectivity index (χ3v) is 3.38. The number of carbonyl (C=O) groups is 1. The van der Waals surface area contributed by atoms with Crippen molar-refractivity contribution in [3.05, 3.63) is 71.8 Å². The molecule has 0 saturated heterocycles. The standard InChI is InChI=1S/C18H14N2O3/c21-15-7-8-16(17(22)10-15)18(23)20-19-11-12-5-6-13-3-1-2-4-14(13)9-12/h1-11,21-22H,(H,20,23)/b19-11-. The lowest BCUT2D eigenvalue weighted by atomic mass is 10.1. The van der Waals surface area contributed by atoms with E-state index < -0.39 is 5.91 Å². The van der Waals surface area contributed by atoms with E-state index in [2.05, 4.69) is 10.5 Å². The summed E-state index contributed by atoms with van der Waals surface area (Å²) in [6.45, 7) is 0. The van der Waals surface area contributed by atoms with Gasteiger partial charge in [-0.25, -0.2) is 5.43 Å². The summed E-state index contributed by atoms with van der Waals surface area (Å²) in [5.74, 6) is -0.971. The van der Waals surface area contributed by atoms with Crippen molar-refractivity contribution in [1.29, 1.82) is 0 Å². The number of hydrogen-bond donors (Lipinski definition) is 3. The summed E-state index contributed by atoms with van der Waals surface area (Å²) in [5, 5.41) is 24.9. The van der Waals surface area contributed by atoms with Crippen LogP contribution in [0.1, 0.15) is 15.9 Å². The van der Waals surface area contributed by atoms with Gasteiger partial charge >= 0.3 is 0 Å². The van der Waals surface area contributed by atoms with Crippen molar-refractivity contribution in [2.24, 2.45) is 5.10 Å². The van der Waals surface area contributed by atoms with Crippen LogP contribution in [0, 0.1) is 0 Å². The number of amides is 1. The van der Waals surface area contributed by atoms with Crippen LogP contribution < -0.4 is 5.43 Å². The van der Waals surface area contributed by atoms with E-state index in [1.54, 1.807) is 0 Å². The average Bonchev–Trinajstić information content (AvgIpc) is 2.54. The van der Waals surface area contributed by atoms with Crippen LogP contribution in [0.25, 0.3) is 10.8 Å². The second kappa shape index (κ2) is 6.19. The van der Waals surface area contributed by atoms with Crippen molar-refractivity contribution < 1.29 is 15.0 Å². The van der Waals surface area contributed by atoms with Gasteiger partial charge in [-0.05, 0) is 34.5 Å². The highest BCUT2D eigenvalue weighted by atomic mass is 16.3. The summed E-state index contributed by atoms with van der Waals surface area (Å²) in [7, 11) is 0. The van der Waals surface area contributed by atoms with Gasteiger partial charge < -0.3 is 10.2 Å². The van der Waals surface area contributed by atoms with E-state index in [4.69, 9.17) is 0 Å². The Morgan fingerprint density at radius 1 is 0.957 bits per heavy atom. The number of rotatable bonds is 3. The number of fused-ring (bicyclic) bond motifs is 1. The summed E-state index contributed by atoms with van der Waals surface area (Å²) in [4.78, 5) is 11.9. The number of hydrogen-bond acceptors (Lipinski definition) is 4. The highest BCUT2D eigenvalue weighted by Gasteiger charge is 2.10. The van der Waals surface area contributed by atoms with Gasteiger partial charge in [0, 0.05) is 6.07 Å². The first-order chi connectivity index (χ1) is 11.1. The fourth-order valence-electron chi connectivity index (χ4n) is 2.23. The highest BCUT2D eigenvalue weighted by molar-refractivity contribution is 5.97. The number of nitrogens with one attached hydrogen (secondary N) is 1. The molecule has 3 aromatic carbocycles. The molecule has 3 rings (SSSR count).